The Hall–Kier alpha value is -0.570. The van der Waals surface area contributed by atoms with Crippen LogP contribution < -0.4 is 10.6 Å². The van der Waals surface area contributed by atoms with Crippen molar-refractivity contribution in [2.75, 3.05) is 6.54 Å². The van der Waals surface area contributed by atoms with Gasteiger partial charge in [-0.2, -0.15) is 0 Å². The number of likely N-dealkylation sites (N-methyl/N-ethyl adjacent to an activating group) is 1. The molecule has 2 atom stereocenters. The molecule has 1 rings (SSSR count). The maximum atomic E-state index is 11.5. The molecule has 0 bridgehead atoms. The Morgan fingerprint density at radius 3 is 2.53 bits per heavy atom. The first-order valence-corrected chi connectivity index (χ1v) is 6.21. The summed E-state index contributed by atoms with van der Waals surface area (Å²) in [6.07, 6.45) is 5.11. The van der Waals surface area contributed by atoms with Crippen molar-refractivity contribution >= 4 is 5.91 Å². The molecule has 0 aliphatic heterocycles. The highest BCUT2D eigenvalue weighted by Crippen LogP contribution is 2.34. The van der Waals surface area contributed by atoms with Crippen molar-refractivity contribution in [3.8, 4) is 0 Å². The van der Waals surface area contributed by atoms with E-state index in [0.717, 1.165) is 12.3 Å². The average molecular weight is 212 g/mol. The van der Waals surface area contributed by atoms with E-state index in [1.54, 1.807) is 0 Å². The topological polar surface area (TPSA) is 41.1 Å². The van der Waals surface area contributed by atoms with Gasteiger partial charge in [0.05, 0.1) is 6.04 Å². The predicted molar refractivity (Wildman–Crippen MR) is 62.7 cm³/mol. The molecule has 1 amide bonds. The lowest BCUT2D eigenvalue weighted by molar-refractivity contribution is -0.122. The minimum Gasteiger partial charge on any atom is -0.355 e. The predicted octanol–water partition coefficient (Wildman–Crippen LogP) is 1.68. The van der Waals surface area contributed by atoms with Crippen LogP contribution in [0.3, 0.4) is 0 Å². The van der Waals surface area contributed by atoms with Crippen molar-refractivity contribution in [3.05, 3.63) is 0 Å². The Bertz CT molecular complexity index is 202. The number of nitrogens with one attached hydrogen (secondary N) is 2. The van der Waals surface area contributed by atoms with E-state index >= 15 is 0 Å². The van der Waals surface area contributed by atoms with Gasteiger partial charge in [-0.05, 0) is 32.6 Å². The molecule has 3 heteroatoms. The van der Waals surface area contributed by atoms with Crippen LogP contribution >= 0.6 is 0 Å². The lowest BCUT2D eigenvalue weighted by Crippen LogP contribution is -2.46. The second-order valence-corrected chi connectivity index (χ2v) is 4.57. The summed E-state index contributed by atoms with van der Waals surface area (Å²) in [5, 5.41) is 6.25. The van der Waals surface area contributed by atoms with Crippen LogP contribution in [0, 0.1) is 5.92 Å². The van der Waals surface area contributed by atoms with Gasteiger partial charge in [0.1, 0.15) is 0 Å². The third-order valence-electron chi connectivity index (χ3n) is 3.04. The van der Waals surface area contributed by atoms with Crippen LogP contribution in [-0.2, 0) is 4.79 Å². The van der Waals surface area contributed by atoms with Crippen LogP contribution in [-0.4, -0.2) is 24.5 Å². The molecule has 1 aliphatic carbocycles. The Labute approximate surface area is 93.0 Å². The molecule has 0 aromatic carbocycles. The highest BCUT2D eigenvalue weighted by Gasteiger charge is 2.26. The van der Waals surface area contributed by atoms with Crippen molar-refractivity contribution in [2.45, 2.75) is 58.5 Å². The maximum Gasteiger partial charge on any atom is 0.236 e. The Morgan fingerprint density at radius 2 is 2.07 bits per heavy atom. The molecule has 3 nitrogen and oxygen atoms in total. The Balaban J connectivity index is 2.25. The van der Waals surface area contributed by atoms with Crippen molar-refractivity contribution in [1.82, 2.24) is 10.6 Å². The molecule has 15 heavy (non-hydrogen) atoms. The highest BCUT2D eigenvalue weighted by molar-refractivity contribution is 5.81. The van der Waals surface area contributed by atoms with Gasteiger partial charge in [-0.1, -0.05) is 19.8 Å². The Morgan fingerprint density at radius 1 is 1.40 bits per heavy atom. The Kier molecular flexibility index (Phi) is 5.09. The summed E-state index contributed by atoms with van der Waals surface area (Å²) < 4.78 is 0. The van der Waals surface area contributed by atoms with E-state index in [1.165, 1.54) is 19.3 Å². The van der Waals surface area contributed by atoms with E-state index in [-0.39, 0.29) is 11.9 Å². The van der Waals surface area contributed by atoms with Crippen molar-refractivity contribution in [1.29, 1.82) is 0 Å². The highest BCUT2D eigenvalue weighted by atomic mass is 16.2. The van der Waals surface area contributed by atoms with Crippen molar-refractivity contribution < 1.29 is 4.79 Å². The number of hydrogen-bond donors (Lipinski definition) is 2. The third-order valence-corrected chi connectivity index (χ3v) is 3.04. The summed E-state index contributed by atoms with van der Waals surface area (Å²) in [6.45, 7) is 6.79. The van der Waals surface area contributed by atoms with E-state index in [0.29, 0.717) is 12.6 Å². The molecular formula is C12H24N2O. The van der Waals surface area contributed by atoms with Gasteiger partial charge in [-0.25, -0.2) is 0 Å². The fourth-order valence-electron chi connectivity index (χ4n) is 1.87. The van der Waals surface area contributed by atoms with E-state index in [9.17, 15) is 4.79 Å². The summed E-state index contributed by atoms with van der Waals surface area (Å²) in [5.41, 5.74) is 0. The normalized spacial score (nSPS) is 19.7. The number of rotatable bonds is 7. The lowest BCUT2D eigenvalue weighted by Gasteiger charge is -2.21. The molecule has 0 saturated heterocycles. The zero-order chi connectivity index (χ0) is 11.3. The largest absolute Gasteiger partial charge is 0.355 e. The minimum atomic E-state index is -0.0614. The van der Waals surface area contributed by atoms with Gasteiger partial charge in [0.25, 0.3) is 0 Å². The first kappa shape index (κ1) is 12.5. The second kappa shape index (κ2) is 6.11. The number of hydrogen-bond acceptors (Lipinski definition) is 2. The first-order chi connectivity index (χ1) is 7.17. The monoisotopic (exact) mass is 212 g/mol. The zero-order valence-electron chi connectivity index (χ0n) is 10.2. The lowest BCUT2D eigenvalue weighted by atomic mass is 10.1. The molecule has 0 heterocycles. The summed E-state index contributed by atoms with van der Waals surface area (Å²) in [4.78, 5) is 11.5. The van der Waals surface area contributed by atoms with Crippen LogP contribution in [0.2, 0.25) is 0 Å². The molecule has 1 aliphatic rings. The molecule has 88 valence electrons. The fraction of sp³-hybridized carbons (Fsp3) is 0.917. The van der Waals surface area contributed by atoms with Gasteiger partial charge in [0.15, 0.2) is 0 Å². The van der Waals surface area contributed by atoms with Gasteiger partial charge in [-0.3, -0.25) is 4.79 Å². The fourth-order valence-corrected chi connectivity index (χ4v) is 1.87. The SMILES string of the molecule is CCNC(=O)C(C)NC(CC)CC1CC1. The third kappa shape index (κ3) is 4.65. The molecule has 0 spiro atoms. The molecule has 2 N–H and O–H groups in total. The van der Waals surface area contributed by atoms with Crippen LogP contribution in [0.4, 0.5) is 0 Å². The van der Waals surface area contributed by atoms with E-state index in [2.05, 4.69) is 17.6 Å². The van der Waals surface area contributed by atoms with Gasteiger partial charge in [-0.15, -0.1) is 0 Å². The van der Waals surface area contributed by atoms with Gasteiger partial charge in [0.2, 0.25) is 5.91 Å². The van der Waals surface area contributed by atoms with Crippen LogP contribution in [0.5, 0.6) is 0 Å². The molecule has 2 unspecified atom stereocenters. The van der Waals surface area contributed by atoms with Crippen LogP contribution in [0.1, 0.15) is 46.5 Å². The first-order valence-electron chi connectivity index (χ1n) is 6.21. The number of carbonyl (C=O) groups is 1. The minimum absolute atomic E-state index is 0.0614. The zero-order valence-corrected chi connectivity index (χ0v) is 10.2. The summed E-state index contributed by atoms with van der Waals surface area (Å²) in [6, 6.07) is 0.448. The van der Waals surface area contributed by atoms with E-state index < -0.39 is 0 Å². The quantitative estimate of drug-likeness (QED) is 0.674. The van der Waals surface area contributed by atoms with Gasteiger partial charge < -0.3 is 10.6 Å². The van der Waals surface area contributed by atoms with Crippen molar-refractivity contribution in [3.63, 3.8) is 0 Å². The van der Waals surface area contributed by atoms with Crippen molar-refractivity contribution in [2.24, 2.45) is 5.92 Å². The van der Waals surface area contributed by atoms with E-state index in [1.807, 2.05) is 13.8 Å². The summed E-state index contributed by atoms with van der Waals surface area (Å²) in [7, 11) is 0. The molecule has 0 aromatic heterocycles. The number of amides is 1. The maximum absolute atomic E-state index is 11.5. The average Bonchev–Trinajstić information content (AvgIpc) is 3.00. The smallest absolute Gasteiger partial charge is 0.236 e. The van der Waals surface area contributed by atoms with Gasteiger partial charge >= 0.3 is 0 Å². The van der Waals surface area contributed by atoms with Gasteiger partial charge in [0, 0.05) is 12.6 Å². The molecule has 0 aromatic rings. The standard InChI is InChI=1S/C12H24N2O/c1-4-11(8-10-6-7-10)14-9(3)12(15)13-5-2/h9-11,14H,4-8H2,1-3H3,(H,13,15). The summed E-state index contributed by atoms with van der Waals surface area (Å²) in [5.74, 6) is 1.04. The molecule has 1 fully saturated rings. The number of carbonyl (C=O) groups excluding carboxylic acids is 1. The van der Waals surface area contributed by atoms with E-state index in [4.69, 9.17) is 0 Å². The molecule has 0 radical (unpaired) electrons. The second-order valence-electron chi connectivity index (χ2n) is 4.57. The summed E-state index contributed by atoms with van der Waals surface area (Å²) >= 11 is 0. The van der Waals surface area contributed by atoms with Crippen LogP contribution in [0.15, 0.2) is 0 Å². The van der Waals surface area contributed by atoms with Crippen LogP contribution in [0.25, 0.3) is 0 Å². The molecule has 1 saturated carbocycles. The molecular weight excluding hydrogens is 188 g/mol.